The summed E-state index contributed by atoms with van der Waals surface area (Å²) < 4.78 is 16.7. The Hall–Kier alpha value is -3.41. The van der Waals surface area contributed by atoms with Crippen LogP contribution in [0.5, 0.6) is 0 Å². The fourth-order valence-corrected chi connectivity index (χ4v) is 6.62. The predicted molar refractivity (Wildman–Crippen MR) is 261 cm³/mol. The van der Waals surface area contributed by atoms with E-state index in [4.69, 9.17) is 14.2 Å². The van der Waals surface area contributed by atoms with Gasteiger partial charge in [-0.05, 0) is 89.9 Å². The van der Waals surface area contributed by atoms with Crippen molar-refractivity contribution in [3.63, 3.8) is 0 Å². The second-order valence-corrected chi connectivity index (χ2v) is 16.3. The highest BCUT2D eigenvalue weighted by molar-refractivity contribution is 5.71. The molecular formula is C55H92O6. The second kappa shape index (κ2) is 49.2. The molecule has 61 heavy (non-hydrogen) atoms. The third-order valence-corrected chi connectivity index (χ3v) is 10.4. The normalized spacial score (nSPS) is 12.8. The van der Waals surface area contributed by atoms with Crippen molar-refractivity contribution in [3.8, 4) is 0 Å². The van der Waals surface area contributed by atoms with Crippen LogP contribution in [0, 0.1) is 0 Å². The van der Waals surface area contributed by atoms with Gasteiger partial charge in [0.15, 0.2) is 6.10 Å². The molecule has 0 rings (SSSR count). The Bertz CT molecular complexity index is 1200. The lowest BCUT2D eigenvalue weighted by molar-refractivity contribution is -0.167. The third kappa shape index (κ3) is 47.5. The molecule has 0 saturated heterocycles. The van der Waals surface area contributed by atoms with Gasteiger partial charge in [0, 0.05) is 19.3 Å². The van der Waals surface area contributed by atoms with Crippen molar-refractivity contribution in [1.29, 1.82) is 0 Å². The zero-order valence-corrected chi connectivity index (χ0v) is 39.7. The number of ether oxygens (including phenoxy) is 3. The van der Waals surface area contributed by atoms with Crippen LogP contribution >= 0.6 is 0 Å². The van der Waals surface area contributed by atoms with Gasteiger partial charge in [-0.25, -0.2) is 0 Å². The van der Waals surface area contributed by atoms with E-state index in [1.165, 1.54) is 77.0 Å². The van der Waals surface area contributed by atoms with Gasteiger partial charge in [0.25, 0.3) is 0 Å². The predicted octanol–water partition coefficient (Wildman–Crippen LogP) is 16.4. The molecular weight excluding hydrogens is 757 g/mol. The van der Waals surface area contributed by atoms with E-state index in [0.29, 0.717) is 19.3 Å². The van der Waals surface area contributed by atoms with E-state index in [2.05, 4.69) is 106 Å². The summed E-state index contributed by atoms with van der Waals surface area (Å²) in [6, 6.07) is 0. The van der Waals surface area contributed by atoms with Gasteiger partial charge < -0.3 is 14.2 Å². The van der Waals surface area contributed by atoms with Crippen molar-refractivity contribution < 1.29 is 28.6 Å². The Labute approximate surface area is 375 Å². The summed E-state index contributed by atoms with van der Waals surface area (Å²) in [5.74, 6) is -0.978. The van der Waals surface area contributed by atoms with Gasteiger partial charge in [0.1, 0.15) is 13.2 Å². The molecule has 0 aliphatic heterocycles. The summed E-state index contributed by atoms with van der Waals surface area (Å²) in [6.07, 6.45) is 62.8. The number of rotatable bonds is 44. The molecule has 0 N–H and O–H groups in total. The van der Waals surface area contributed by atoms with E-state index in [-0.39, 0.29) is 37.5 Å². The summed E-state index contributed by atoms with van der Waals surface area (Å²) in [5.41, 5.74) is 0. The van der Waals surface area contributed by atoms with Crippen LogP contribution in [-0.4, -0.2) is 37.2 Å². The largest absolute Gasteiger partial charge is 0.462 e. The van der Waals surface area contributed by atoms with Crippen LogP contribution in [0.25, 0.3) is 0 Å². The van der Waals surface area contributed by atoms with E-state index < -0.39 is 6.10 Å². The summed E-state index contributed by atoms with van der Waals surface area (Å²) in [6.45, 7) is 6.42. The van der Waals surface area contributed by atoms with E-state index in [1.54, 1.807) is 0 Å². The topological polar surface area (TPSA) is 78.9 Å². The fraction of sp³-hybridized carbons (Fsp3) is 0.691. The Morgan fingerprint density at radius 1 is 0.344 bits per heavy atom. The van der Waals surface area contributed by atoms with Crippen LogP contribution < -0.4 is 0 Å². The molecule has 0 heterocycles. The first-order chi connectivity index (χ1) is 30.0. The zero-order valence-electron chi connectivity index (χ0n) is 39.7. The van der Waals surface area contributed by atoms with Gasteiger partial charge in [0.05, 0.1) is 0 Å². The molecule has 348 valence electrons. The quantitative estimate of drug-likeness (QED) is 0.0263. The maximum atomic E-state index is 12.8. The molecule has 0 fully saturated rings. The molecule has 0 spiro atoms. The lowest BCUT2D eigenvalue weighted by Gasteiger charge is -2.18. The maximum absolute atomic E-state index is 12.8. The van der Waals surface area contributed by atoms with E-state index in [9.17, 15) is 14.4 Å². The maximum Gasteiger partial charge on any atom is 0.306 e. The molecule has 6 heteroatoms. The fourth-order valence-electron chi connectivity index (χ4n) is 6.62. The van der Waals surface area contributed by atoms with E-state index in [0.717, 1.165) is 103 Å². The molecule has 0 aliphatic carbocycles. The van der Waals surface area contributed by atoms with E-state index in [1.807, 2.05) is 0 Å². The highest BCUT2D eigenvalue weighted by Crippen LogP contribution is 2.13. The van der Waals surface area contributed by atoms with E-state index >= 15 is 0 Å². The molecule has 0 radical (unpaired) electrons. The first kappa shape index (κ1) is 57.6. The first-order valence-corrected chi connectivity index (χ1v) is 25.1. The number of hydrogen-bond acceptors (Lipinski definition) is 6. The number of carbonyl (C=O) groups excluding carboxylic acids is 3. The number of unbranched alkanes of at least 4 members (excludes halogenated alkanes) is 19. The summed E-state index contributed by atoms with van der Waals surface area (Å²) in [4.78, 5) is 37.9. The van der Waals surface area contributed by atoms with Crippen molar-refractivity contribution in [1.82, 2.24) is 0 Å². The van der Waals surface area contributed by atoms with Gasteiger partial charge in [-0.15, -0.1) is 0 Å². The molecule has 0 aromatic heterocycles. The van der Waals surface area contributed by atoms with Crippen molar-refractivity contribution in [3.05, 3.63) is 85.1 Å². The van der Waals surface area contributed by atoms with Crippen LogP contribution in [0.4, 0.5) is 0 Å². The van der Waals surface area contributed by atoms with Gasteiger partial charge in [-0.1, -0.05) is 202 Å². The van der Waals surface area contributed by atoms with Crippen LogP contribution in [-0.2, 0) is 28.6 Å². The Morgan fingerprint density at radius 2 is 0.656 bits per heavy atom. The number of esters is 3. The molecule has 6 nitrogen and oxygen atoms in total. The second-order valence-electron chi connectivity index (χ2n) is 16.3. The Balaban J connectivity index is 4.48. The minimum absolute atomic E-state index is 0.0993. The Morgan fingerprint density at radius 3 is 1.08 bits per heavy atom. The molecule has 0 saturated carbocycles. The third-order valence-electron chi connectivity index (χ3n) is 10.4. The van der Waals surface area contributed by atoms with Crippen LogP contribution in [0.1, 0.15) is 226 Å². The molecule has 0 bridgehead atoms. The van der Waals surface area contributed by atoms with Gasteiger partial charge in [0.2, 0.25) is 0 Å². The van der Waals surface area contributed by atoms with Crippen LogP contribution in [0.3, 0.4) is 0 Å². The lowest BCUT2D eigenvalue weighted by Crippen LogP contribution is -2.30. The SMILES string of the molecule is CC/C=C\C/C=C\C/C=C\C/C=C\C/C=C\CCCC(=O)OCC(COC(=O)CCCCCCCCCCCC)OC(=O)CCCCCCC/C=C\C/C=C\CCCCCC. The molecule has 0 aromatic carbocycles. The highest BCUT2D eigenvalue weighted by Gasteiger charge is 2.19. The van der Waals surface area contributed by atoms with Crippen LogP contribution in [0.2, 0.25) is 0 Å². The minimum Gasteiger partial charge on any atom is -0.462 e. The molecule has 1 atom stereocenters. The lowest BCUT2D eigenvalue weighted by atomic mass is 10.1. The van der Waals surface area contributed by atoms with Crippen molar-refractivity contribution in [2.75, 3.05) is 13.2 Å². The van der Waals surface area contributed by atoms with Crippen molar-refractivity contribution in [2.45, 2.75) is 232 Å². The molecule has 1 unspecified atom stereocenters. The average molecular weight is 849 g/mol. The number of hydrogen-bond donors (Lipinski definition) is 0. The number of carbonyl (C=O) groups is 3. The monoisotopic (exact) mass is 849 g/mol. The summed E-state index contributed by atoms with van der Waals surface area (Å²) in [7, 11) is 0. The first-order valence-electron chi connectivity index (χ1n) is 25.1. The number of allylic oxidation sites excluding steroid dienone is 14. The van der Waals surface area contributed by atoms with Gasteiger partial charge in [-0.2, -0.15) is 0 Å². The molecule has 0 amide bonds. The Kier molecular flexibility index (Phi) is 46.5. The summed E-state index contributed by atoms with van der Waals surface area (Å²) >= 11 is 0. The summed E-state index contributed by atoms with van der Waals surface area (Å²) in [5, 5.41) is 0. The van der Waals surface area contributed by atoms with Crippen molar-refractivity contribution in [2.24, 2.45) is 0 Å². The van der Waals surface area contributed by atoms with Crippen molar-refractivity contribution >= 4 is 17.9 Å². The van der Waals surface area contributed by atoms with Gasteiger partial charge >= 0.3 is 17.9 Å². The highest BCUT2D eigenvalue weighted by atomic mass is 16.6. The zero-order chi connectivity index (χ0) is 44.4. The van der Waals surface area contributed by atoms with Gasteiger partial charge in [-0.3, -0.25) is 14.4 Å². The standard InChI is InChI=1S/C55H92O6/c1-4-7-10-13-16-19-22-24-26-28-30-31-33-36-39-42-45-48-54(57)60-51-52(50-59-53(56)47-44-41-38-35-21-18-15-12-9-6-3)61-55(58)49-46-43-40-37-34-32-29-27-25-23-20-17-14-11-8-5-2/h7,10,16,19-20,23-24,26-27,29-31,36,39,52H,4-6,8-9,11-15,17-18,21-22,25,28,32-35,37-38,40-51H2,1-3H3/b10-7-,19-16-,23-20-,26-24-,29-27-,31-30-,39-36-. The smallest absolute Gasteiger partial charge is 0.306 e. The minimum atomic E-state index is -0.804. The average Bonchev–Trinajstić information content (AvgIpc) is 3.26. The molecule has 0 aliphatic rings. The molecule has 0 aromatic rings. The van der Waals surface area contributed by atoms with Crippen LogP contribution in [0.15, 0.2) is 85.1 Å².